The van der Waals surface area contributed by atoms with E-state index in [2.05, 4.69) is 10.2 Å². The number of rotatable bonds is 5. The molecule has 3 rings (SSSR count). The Labute approximate surface area is 121 Å². The molecule has 5 heteroatoms. The second kappa shape index (κ2) is 5.66. The van der Waals surface area contributed by atoms with Gasteiger partial charge in [0, 0.05) is 5.39 Å². The summed E-state index contributed by atoms with van der Waals surface area (Å²) in [6.45, 7) is 0.471. The van der Waals surface area contributed by atoms with Gasteiger partial charge in [-0.3, -0.25) is 9.89 Å². The third-order valence-corrected chi connectivity index (χ3v) is 3.18. The lowest BCUT2D eigenvalue weighted by Gasteiger charge is -2.06. The van der Waals surface area contributed by atoms with Crippen molar-refractivity contribution in [2.75, 3.05) is 0 Å². The van der Waals surface area contributed by atoms with Crippen LogP contribution in [0, 0.1) is 0 Å². The Morgan fingerprint density at radius 3 is 2.76 bits per heavy atom. The lowest BCUT2D eigenvalue weighted by Crippen LogP contribution is -2.00. The molecule has 0 saturated carbocycles. The highest BCUT2D eigenvalue weighted by atomic mass is 16.5. The van der Waals surface area contributed by atoms with E-state index in [1.165, 1.54) is 0 Å². The Morgan fingerprint density at radius 2 is 2.00 bits per heavy atom. The number of nitrogens with one attached hydrogen (secondary N) is 1. The molecule has 0 bridgehead atoms. The zero-order chi connectivity index (χ0) is 14.7. The summed E-state index contributed by atoms with van der Waals surface area (Å²) in [5.74, 6) is -0.199. The van der Waals surface area contributed by atoms with Crippen LogP contribution in [-0.4, -0.2) is 21.3 Å². The maximum absolute atomic E-state index is 10.8. The highest BCUT2D eigenvalue weighted by molar-refractivity contribution is 5.86. The van der Waals surface area contributed by atoms with E-state index in [4.69, 9.17) is 9.84 Å². The van der Waals surface area contributed by atoms with Gasteiger partial charge in [0.1, 0.15) is 12.4 Å². The molecule has 2 aromatic carbocycles. The molecule has 0 aliphatic heterocycles. The minimum atomic E-state index is -0.892. The first-order chi connectivity index (χ1) is 10.2. The van der Waals surface area contributed by atoms with Gasteiger partial charge in [0.05, 0.1) is 17.6 Å². The Balaban J connectivity index is 1.81. The normalized spacial score (nSPS) is 10.7. The van der Waals surface area contributed by atoms with Gasteiger partial charge in [0.15, 0.2) is 0 Å². The molecular weight excluding hydrogens is 268 g/mol. The fraction of sp³-hybridized carbons (Fsp3) is 0.125. The van der Waals surface area contributed by atoms with Crippen molar-refractivity contribution in [3.05, 3.63) is 59.8 Å². The van der Waals surface area contributed by atoms with E-state index in [-0.39, 0.29) is 6.42 Å². The number of ether oxygens (including phenoxy) is 1. The molecule has 3 aromatic rings. The lowest BCUT2D eigenvalue weighted by molar-refractivity contribution is -0.136. The molecule has 21 heavy (non-hydrogen) atoms. The predicted octanol–water partition coefficient (Wildman–Crippen LogP) is 2.77. The smallest absolute Gasteiger partial charge is 0.309 e. The maximum atomic E-state index is 10.8. The quantitative estimate of drug-likeness (QED) is 0.754. The standard InChI is InChI=1S/C16H14N2O3/c19-16(20)9-15-13-8-12(6-7-14(13)17-18-15)21-10-11-4-2-1-3-5-11/h1-8H,9-10H2,(H,17,18)(H,19,20). The third kappa shape index (κ3) is 3.02. The highest BCUT2D eigenvalue weighted by Crippen LogP contribution is 2.23. The van der Waals surface area contributed by atoms with Crippen molar-refractivity contribution < 1.29 is 14.6 Å². The zero-order valence-electron chi connectivity index (χ0n) is 11.2. The van der Waals surface area contributed by atoms with E-state index in [1.807, 2.05) is 48.5 Å². The molecule has 1 aromatic heterocycles. The van der Waals surface area contributed by atoms with E-state index < -0.39 is 5.97 Å². The molecule has 0 aliphatic rings. The van der Waals surface area contributed by atoms with Gasteiger partial charge in [-0.15, -0.1) is 0 Å². The zero-order valence-corrected chi connectivity index (χ0v) is 11.2. The largest absolute Gasteiger partial charge is 0.489 e. The molecule has 0 spiro atoms. The van der Waals surface area contributed by atoms with E-state index >= 15 is 0 Å². The first-order valence-corrected chi connectivity index (χ1v) is 6.58. The fourth-order valence-corrected chi connectivity index (χ4v) is 2.16. The summed E-state index contributed by atoms with van der Waals surface area (Å²) < 4.78 is 5.74. The van der Waals surface area contributed by atoms with Gasteiger partial charge in [-0.2, -0.15) is 5.10 Å². The number of aromatic nitrogens is 2. The van der Waals surface area contributed by atoms with Crippen molar-refractivity contribution in [2.24, 2.45) is 0 Å². The molecule has 0 amide bonds. The van der Waals surface area contributed by atoms with Crippen molar-refractivity contribution in [3.63, 3.8) is 0 Å². The molecule has 0 unspecified atom stereocenters. The summed E-state index contributed by atoms with van der Waals surface area (Å²) >= 11 is 0. The number of fused-ring (bicyclic) bond motifs is 1. The number of hydrogen-bond acceptors (Lipinski definition) is 3. The van der Waals surface area contributed by atoms with Crippen LogP contribution >= 0.6 is 0 Å². The second-order valence-corrected chi connectivity index (χ2v) is 4.73. The van der Waals surface area contributed by atoms with Crippen LogP contribution < -0.4 is 4.74 Å². The first-order valence-electron chi connectivity index (χ1n) is 6.58. The van der Waals surface area contributed by atoms with Crippen LogP contribution in [0.2, 0.25) is 0 Å². The summed E-state index contributed by atoms with van der Waals surface area (Å²) in [6.07, 6.45) is -0.0847. The van der Waals surface area contributed by atoms with Gasteiger partial charge in [0.2, 0.25) is 0 Å². The lowest BCUT2D eigenvalue weighted by atomic mass is 10.1. The minimum absolute atomic E-state index is 0.0847. The molecule has 2 N–H and O–H groups in total. The van der Waals surface area contributed by atoms with Gasteiger partial charge in [-0.1, -0.05) is 30.3 Å². The Morgan fingerprint density at radius 1 is 1.19 bits per heavy atom. The topological polar surface area (TPSA) is 75.2 Å². The number of carboxylic acids is 1. The van der Waals surface area contributed by atoms with Crippen LogP contribution in [0.3, 0.4) is 0 Å². The first kappa shape index (κ1) is 13.2. The molecule has 0 aliphatic carbocycles. The van der Waals surface area contributed by atoms with Gasteiger partial charge in [0.25, 0.3) is 0 Å². The van der Waals surface area contributed by atoms with Gasteiger partial charge in [-0.05, 0) is 23.8 Å². The number of aliphatic carboxylic acids is 1. The molecular formula is C16H14N2O3. The molecule has 0 radical (unpaired) electrons. The van der Waals surface area contributed by atoms with Crippen LogP contribution in [0.1, 0.15) is 11.3 Å². The second-order valence-electron chi connectivity index (χ2n) is 4.73. The predicted molar refractivity (Wildman–Crippen MR) is 78.2 cm³/mol. The third-order valence-electron chi connectivity index (χ3n) is 3.18. The number of aromatic amines is 1. The van der Waals surface area contributed by atoms with Gasteiger partial charge in [-0.25, -0.2) is 0 Å². The summed E-state index contributed by atoms with van der Waals surface area (Å²) in [7, 11) is 0. The summed E-state index contributed by atoms with van der Waals surface area (Å²) in [5.41, 5.74) is 2.40. The van der Waals surface area contributed by atoms with Gasteiger partial charge < -0.3 is 9.84 Å². The van der Waals surface area contributed by atoms with E-state index in [0.29, 0.717) is 18.1 Å². The van der Waals surface area contributed by atoms with E-state index in [1.54, 1.807) is 0 Å². The van der Waals surface area contributed by atoms with Crippen molar-refractivity contribution in [3.8, 4) is 5.75 Å². The number of hydrogen-bond donors (Lipinski definition) is 2. The molecule has 1 heterocycles. The van der Waals surface area contributed by atoms with E-state index in [9.17, 15) is 4.79 Å². The molecule has 0 atom stereocenters. The number of carbonyl (C=O) groups is 1. The van der Waals surface area contributed by atoms with Crippen molar-refractivity contribution in [1.82, 2.24) is 10.2 Å². The maximum Gasteiger partial charge on any atom is 0.309 e. The number of benzene rings is 2. The average Bonchev–Trinajstić information content (AvgIpc) is 2.88. The van der Waals surface area contributed by atoms with Crippen LogP contribution in [-0.2, 0) is 17.8 Å². The van der Waals surface area contributed by atoms with Crippen molar-refractivity contribution in [2.45, 2.75) is 13.0 Å². The Hall–Kier alpha value is -2.82. The molecule has 0 saturated heterocycles. The van der Waals surface area contributed by atoms with Crippen molar-refractivity contribution >= 4 is 16.9 Å². The number of nitrogens with zero attached hydrogens (tertiary/aromatic N) is 1. The fourth-order valence-electron chi connectivity index (χ4n) is 2.16. The summed E-state index contributed by atoms with van der Waals surface area (Å²) in [6, 6.07) is 15.3. The number of carboxylic acid groups (broad SMARTS) is 1. The highest BCUT2D eigenvalue weighted by Gasteiger charge is 2.10. The van der Waals surface area contributed by atoms with E-state index in [0.717, 1.165) is 16.5 Å². The number of H-pyrrole nitrogens is 1. The van der Waals surface area contributed by atoms with Crippen LogP contribution in [0.15, 0.2) is 48.5 Å². The van der Waals surface area contributed by atoms with Crippen molar-refractivity contribution in [1.29, 1.82) is 0 Å². The summed E-state index contributed by atoms with van der Waals surface area (Å²) in [5, 5.41) is 16.5. The Bertz CT molecular complexity index is 766. The molecule has 106 valence electrons. The van der Waals surface area contributed by atoms with Crippen LogP contribution in [0.4, 0.5) is 0 Å². The SMILES string of the molecule is O=C(O)Cc1[nH]nc2ccc(OCc3ccccc3)cc12. The molecule has 5 nitrogen and oxygen atoms in total. The van der Waals surface area contributed by atoms with Gasteiger partial charge >= 0.3 is 5.97 Å². The monoisotopic (exact) mass is 282 g/mol. The van der Waals surface area contributed by atoms with Crippen LogP contribution in [0.25, 0.3) is 10.9 Å². The average molecular weight is 282 g/mol. The minimum Gasteiger partial charge on any atom is -0.489 e. The molecule has 0 fully saturated rings. The van der Waals surface area contributed by atoms with Crippen LogP contribution in [0.5, 0.6) is 5.75 Å². The Kier molecular flexibility index (Phi) is 3.55. The summed E-state index contributed by atoms with van der Waals surface area (Å²) in [4.78, 5) is 10.8.